The first-order valence-electron chi connectivity index (χ1n) is 14.1. The van der Waals surface area contributed by atoms with E-state index in [9.17, 15) is 5.11 Å². The van der Waals surface area contributed by atoms with E-state index in [1.807, 2.05) is 12.3 Å². The Morgan fingerprint density at radius 3 is 2.49 bits per heavy atom. The average Bonchev–Trinajstić information content (AvgIpc) is 3.39. The number of hydrogen-bond acceptors (Lipinski definition) is 6. The van der Waals surface area contributed by atoms with Crippen LogP contribution in [0.1, 0.15) is 49.9 Å². The van der Waals surface area contributed by atoms with Gasteiger partial charge in [-0.05, 0) is 61.9 Å². The smallest absolute Gasteiger partial charge is 0.170 e. The summed E-state index contributed by atoms with van der Waals surface area (Å²) in [6.07, 6.45) is 8.66. The first-order chi connectivity index (χ1) is 19.1. The lowest BCUT2D eigenvalue weighted by Crippen LogP contribution is -2.43. The Labute approximate surface area is 228 Å². The average molecular weight is 519 g/mol. The minimum Gasteiger partial charge on any atom is -0.395 e. The van der Waals surface area contributed by atoms with Crippen LogP contribution >= 0.6 is 0 Å². The van der Waals surface area contributed by atoms with E-state index < -0.39 is 0 Å². The molecule has 1 aliphatic heterocycles. The predicted molar refractivity (Wildman–Crippen MR) is 154 cm³/mol. The van der Waals surface area contributed by atoms with Crippen LogP contribution in [0, 0.1) is 0 Å². The van der Waals surface area contributed by atoms with Gasteiger partial charge in [0.05, 0.1) is 24.4 Å². The van der Waals surface area contributed by atoms with E-state index in [-0.39, 0.29) is 18.2 Å². The van der Waals surface area contributed by atoms with Crippen LogP contribution in [0.25, 0.3) is 38.9 Å². The SMILES string of the molecule is NC1(c2ccc(-c3nc4ccn5c(CN6CCCCC6CO)nnc5c4cc3-c3ccccc3)cc2)CCC1. The zero-order valence-electron chi connectivity index (χ0n) is 22.1. The van der Waals surface area contributed by atoms with E-state index in [1.165, 1.54) is 18.4 Å². The lowest BCUT2D eigenvalue weighted by molar-refractivity contribution is 0.0817. The van der Waals surface area contributed by atoms with E-state index in [4.69, 9.17) is 10.7 Å². The van der Waals surface area contributed by atoms with E-state index >= 15 is 0 Å². The van der Waals surface area contributed by atoms with Gasteiger partial charge in [-0.1, -0.05) is 61.0 Å². The predicted octanol–water partition coefficient (Wildman–Crippen LogP) is 5.30. The zero-order chi connectivity index (χ0) is 26.4. The van der Waals surface area contributed by atoms with Gasteiger partial charge in [-0.2, -0.15) is 0 Å². The first-order valence-corrected chi connectivity index (χ1v) is 14.1. The van der Waals surface area contributed by atoms with Crippen molar-refractivity contribution in [3.63, 3.8) is 0 Å². The fourth-order valence-corrected chi connectivity index (χ4v) is 6.27. The second-order valence-electron chi connectivity index (χ2n) is 11.2. The number of aliphatic hydroxyl groups excluding tert-OH is 1. The standard InChI is InChI=1S/C32H34N6O/c33-32(15-6-16-32)24-12-10-23(11-13-24)30-26(22-7-2-1-3-8-22)19-27-28(34-30)14-18-38-29(35-36-31(27)38)20-37-17-5-4-9-25(37)21-39/h1-3,7-8,10-14,18-19,25,39H,4-6,9,15-17,20-21,33H2. The van der Waals surface area contributed by atoms with E-state index in [1.54, 1.807) is 0 Å². The molecule has 39 heavy (non-hydrogen) atoms. The van der Waals surface area contributed by atoms with Crippen molar-refractivity contribution in [1.29, 1.82) is 0 Å². The van der Waals surface area contributed by atoms with Gasteiger partial charge < -0.3 is 10.8 Å². The van der Waals surface area contributed by atoms with Gasteiger partial charge in [-0.15, -0.1) is 10.2 Å². The van der Waals surface area contributed by atoms with Crippen molar-refractivity contribution in [3.05, 3.63) is 84.3 Å². The summed E-state index contributed by atoms with van der Waals surface area (Å²) in [6.45, 7) is 1.82. The minimum absolute atomic E-state index is 0.181. The van der Waals surface area contributed by atoms with Crippen LogP contribution in [0.3, 0.4) is 0 Å². The fraction of sp³-hybridized carbons (Fsp3) is 0.344. The van der Waals surface area contributed by atoms with Crippen molar-refractivity contribution >= 4 is 16.6 Å². The molecule has 1 atom stereocenters. The Balaban J connectivity index is 1.33. The number of rotatable bonds is 6. The molecule has 3 aromatic heterocycles. The molecular weight excluding hydrogens is 484 g/mol. The minimum atomic E-state index is -0.181. The molecule has 7 nitrogen and oxygen atoms in total. The molecule has 1 saturated carbocycles. The maximum absolute atomic E-state index is 9.87. The number of aromatic nitrogens is 4. The summed E-state index contributed by atoms with van der Waals surface area (Å²) >= 11 is 0. The van der Waals surface area contributed by atoms with Crippen LogP contribution in [-0.2, 0) is 12.1 Å². The molecule has 4 heterocycles. The molecule has 2 aliphatic rings. The monoisotopic (exact) mass is 518 g/mol. The molecule has 3 N–H and O–H groups in total. The van der Waals surface area contributed by atoms with Gasteiger partial charge in [-0.3, -0.25) is 9.30 Å². The Kier molecular flexibility index (Phi) is 6.15. The number of nitrogens with two attached hydrogens (primary N) is 1. The number of pyridine rings is 2. The van der Waals surface area contributed by atoms with Gasteiger partial charge in [0.2, 0.25) is 0 Å². The van der Waals surface area contributed by atoms with Crippen molar-refractivity contribution < 1.29 is 5.11 Å². The normalized spacial score (nSPS) is 19.4. The third-order valence-electron chi connectivity index (χ3n) is 8.81. The molecule has 1 unspecified atom stereocenters. The summed E-state index contributed by atoms with van der Waals surface area (Å²) < 4.78 is 2.08. The number of benzene rings is 2. The van der Waals surface area contributed by atoms with Crippen LogP contribution in [-0.4, -0.2) is 48.8 Å². The van der Waals surface area contributed by atoms with E-state index in [0.717, 1.165) is 77.0 Å². The largest absolute Gasteiger partial charge is 0.395 e. The van der Waals surface area contributed by atoms with Crippen LogP contribution in [0.5, 0.6) is 0 Å². The molecule has 2 fully saturated rings. The highest BCUT2D eigenvalue weighted by molar-refractivity contribution is 5.98. The number of fused-ring (bicyclic) bond motifs is 3. The molecule has 0 amide bonds. The number of nitrogens with zero attached hydrogens (tertiary/aromatic N) is 5. The summed E-state index contributed by atoms with van der Waals surface area (Å²) in [7, 11) is 0. The molecule has 1 saturated heterocycles. The zero-order valence-corrected chi connectivity index (χ0v) is 22.1. The second kappa shape index (κ2) is 9.83. The van der Waals surface area contributed by atoms with Gasteiger partial charge in [0.15, 0.2) is 11.5 Å². The van der Waals surface area contributed by atoms with Crippen molar-refractivity contribution in [2.75, 3.05) is 13.2 Å². The maximum atomic E-state index is 9.87. The lowest BCUT2D eigenvalue weighted by Gasteiger charge is -2.38. The van der Waals surface area contributed by atoms with Gasteiger partial charge in [-0.25, -0.2) is 4.98 Å². The molecule has 0 radical (unpaired) electrons. The summed E-state index contributed by atoms with van der Waals surface area (Å²) in [4.78, 5) is 7.53. The molecule has 0 spiro atoms. The van der Waals surface area contributed by atoms with Crippen molar-refractivity contribution in [1.82, 2.24) is 24.5 Å². The molecule has 2 aromatic carbocycles. The Morgan fingerprint density at radius 2 is 1.74 bits per heavy atom. The molecule has 7 rings (SSSR count). The van der Waals surface area contributed by atoms with Gasteiger partial charge in [0.1, 0.15) is 0 Å². The van der Waals surface area contributed by atoms with Gasteiger partial charge >= 0.3 is 0 Å². The fourth-order valence-electron chi connectivity index (χ4n) is 6.27. The third kappa shape index (κ3) is 4.31. The Morgan fingerprint density at radius 1 is 0.923 bits per heavy atom. The highest BCUT2D eigenvalue weighted by Gasteiger charge is 2.34. The van der Waals surface area contributed by atoms with Crippen molar-refractivity contribution in [2.24, 2.45) is 5.73 Å². The van der Waals surface area contributed by atoms with Crippen molar-refractivity contribution in [3.8, 4) is 22.4 Å². The van der Waals surface area contributed by atoms with Crippen LogP contribution in [0.15, 0.2) is 72.9 Å². The van der Waals surface area contributed by atoms with Crippen LogP contribution in [0.4, 0.5) is 0 Å². The molecule has 0 bridgehead atoms. The number of hydrogen-bond donors (Lipinski definition) is 2. The molecular formula is C32H34N6O. The molecule has 5 aromatic rings. The lowest BCUT2D eigenvalue weighted by atomic mass is 9.72. The summed E-state index contributed by atoms with van der Waals surface area (Å²) in [6, 6.07) is 23.5. The topological polar surface area (TPSA) is 92.6 Å². The molecule has 1 aliphatic carbocycles. The van der Waals surface area contributed by atoms with Crippen molar-refractivity contribution in [2.45, 2.75) is 56.7 Å². The van der Waals surface area contributed by atoms with Crippen LogP contribution in [0.2, 0.25) is 0 Å². The van der Waals surface area contributed by atoms with E-state index in [2.05, 4.69) is 80.2 Å². The first kappa shape index (κ1) is 24.4. The Bertz CT molecular complexity index is 1620. The number of aliphatic hydroxyl groups is 1. The quantitative estimate of drug-likeness (QED) is 0.317. The maximum Gasteiger partial charge on any atom is 0.170 e. The highest BCUT2D eigenvalue weighted by Crippen LogP contribution is 2.40. The van der Waals surface area contributed by atoms with Gasteiger partial charge in [0.25, 0.3) is 0 Å². The summed E-state index contributed by atoms with van der Waals surface area (Å²) in [5.74, 6) is 0.889. The van der Waals surface area contributed by atoms with E-state index in [0.29, 0.717) is 6.54 Å². The summed E-state index contributed by atoms with van der Waals surface area (Å²) in [5.41, 5.74) is 13.5. The molecule has 198 valence electrons. The summed E-state index contributed by atoms with van der Waals surface area (Å²) in [5, 5.41) is 20.1. The molecule has 7 heteroatoms. The van der Waals surface area contributed by atoms with Gasteiger partial charge in [0, 0.05) is 34.3 Å². The number of piperidine rings is 1. The van der Waals surface area contributed by atoms with Crippen LogP contribution < -0.4 is 5.73 Å². The Hall–Kier alpha value is -3.65. The highest BCUT2D eigenvalue weighted by atomic mass is 16.3. The third-order valence-corrected chi connectivity index (χ3v) is 8.81. The number of likely N-dealkylation sites (tertiary alicyclic amines) is 1. The second-order valence-corrected chi connectivity index (χ2v) is 11.2.